The highest BCUT2D eigenvalue weighted by molar-refractivity contribution is 7.91. The van der Waals surface area contributed by atoms with Gasteiger partial charge < -0.3 is 5.32 Å². The van der Waals surface area contributed by atoms with Gasteiger partial charge >= 0.3 is 0 Å². The van der Waals surface area contributed by atoms with E-state index in [0.29, 0.717) is 17.4 Å². The normalized spacial score (nSPS) is 27.2. The Labute approximate surface area is 111 Å². The van der Waals surface area contributed by atoms with Crippen molar-refractivity contribution in [2.75, 3.05) is 31.1 Å². The third kappa shape index (κ3) is 4.52. The van der Waals surface area contributed by atoms with Crippen LogP contribution in [-0.4, -0.2) is 56.5 Å². The molecule has 106 valence electrons. The average molecular weight is 274 g/mol. The van der Waals surface area contributed by atoms with Gasteiger partial charge in [0.1, 0.15) is 0 Å². The molecule has 4 nitrogen and oxygen atoms in total. The minimum Gasteiger partial charge on any atom is -0.312 e. The zero-order valence-corrected chi connectivity index (χ0v) is 12.4. The van der Waals surface area contributed by atoms with Crippen molar-refractivity contribution in [1.82, 2.24) is 10.2 Å². The number of nitrogens with one attached hydrogen (secondary N) is 1. The average Bonchev–Trinajstić information content (AvgIpc) is 3.03. The molecule has 18 heavy (non-hydrogen) atoms. The molecule has 0 aromatic carbocycles. The first kappa shape index (κ1) is 14.3. The van der Waals surface area contributed by atoms with E-state index in [-0.39, 0.29) is 6.04 Å². The molecule has 5 heteroatoms. The van der Waals surface area contributed by atoms with Gasteiger partial charge in [0.2, 0.25) is 0 Å². The van der Waals surface area contributed by atoms with E-state index in [1.807, 2.05) is 0 Å². The molecule has 0 spiro atoms. The Morgan fingerprint density at radius 3 is 2.50 bits per heavy atom. The maximum atomic E-state index is 11.4. The van der Waals surface area contributed by atoms with Crippen LogP contribution in [0.3, 0.4) is 0 Å². The van der Waals surface area contributed by atoms with E-state index in [0.717, 1.165) is 32.1 Å². The van der Waals surface area contributed by atoms with Crippen molar-refractivity contribution in [3.8, 4) is 0 Å². The lowest BCUT2D eigenvalue weighted by molar-refractivity contribution is 0.232. The summed E-state index contributed by atoms with van der Waals surface area (Å²) in [6.45, 7) is 7.65. The van der Waals surface area contributed by atoms with Gasteiger partial charge in [-0.05, 0) is 25.2 Å². The Bertz CT molecular complexity index is 363. The predicted molar refractivity (Wildman–Crippen MR) is 74.5 cm³/mol. The highest BCUT2D eigenvalue weighted by atomic mass is 32.2. The smallest absolute Gasteiger partial charge is 0.151 e. The summed E-state index contributed by atoms with van der Waals surface area (Å²) in [5.74, 6) is 1.40. The van der Waals surface area contributed by atoms with E-state index in [4.69, 9.17) is 0 Å². The standard InChI is InChI=1S/C13H26N2O2S/c1-11(2)9-15(13-3-4-13)7-6-14-12-5-8-18(16,17)10-12/h11-14H,3-10H2,1-2H3. The molecule has 0 aromatic heterocycles. The lowest BCUT2D eigenvalue weighted by Crippen LogP contribution is -2.40. The Balaban J connectivity index is 1.67. The molecule has 1 atom stereocenters. The van der Waals surface area contributed by atoms with E-state index in [1.165, 1.54) is 12.8 Å². The minimum atomic E-state index is -2.75. The van der Waals surface area contributed by atoms with Crippen LogP contribution in [0.15, 0.2) is 0 Å². The summed E-state index contributed by atoms with van der Waals surface area (Å²) in [6, 6.07) is 0.983. The van der Waals surface area contributed by atoms with Gasteiger partial charge in [-0.1, -0.05) is 13.8 Å². The number of hydrogen-bond acceptors (Lipinski definition) is 4. The topological polar surface area (TPSA) is 49.4 Å². The van der Waals surface area contributed by atoms with Crippen molar-refractivity contribution in [1.29, 1.82) is 0 Å². The molecule has 1 N–H and O–H groups in total. The van der Waals surface area contributed by atoms with Gasteiger partial charge in [-0.3, -0.25) is 4.90 Å². The lowest BCUT2D eigenvalue weighted by Gasteiger charge is -2.24. The maximum Gasteiger partial charge on any atom is 0.151 e. The van der Waals surface area contributed by atoms with Crippen LogP contribution in [0, 0.1) is 5.92 Å². The SMILES string of the molecule is CC(C)CN(CCNC1CCS(=O)(=O)C1)C1CC1. The summed E-state index contributed by atoms with van der Waals surface area (Å²) in [6.07, 6.45) is 3.46. The second-order valence-corrected chi connectivity index (χ2v) is 8.40. The summed E-state index contributed by atoms with van der Waals surface area (Å²) in [7, 11) is -2.75. The molecule has 0 radical (unpaired) electrons. The van der Waals surface area contributed by atoms with Gasteiger partial charge in [0.15, 0.2) is 9.84 Å². The molecule has 1 aliphatic heterocycles. The molecule has 2 rings (SSSR count). The van der Waals surface area contributed by atoms with Crippen LogP contribution >= 0.6 is 0 Å². The molecule has 1 aliphatic carbocycles. The van der Waals surface area contributed by atoms with Gasteiger partial charge in [-0.25, -0.2) is 8.42 Å². The molecule has 1 heterocycles. The van der Waals surface area contributed by atoms with Crippen LogP contribution in [0.4, 0.5) is 0 Å². The highest BCUT2D eigenvalue weighted by Crippen LogP contribution is 2.27. The molecule has 0 bridgehead atoms. The quantitative estimate of drug-likeness (QED) is 0.749. The first-order valence-corrected chi connectivity index (χ1v) is 8.96. The predicted octanol–water partition coefficient (Wildman–Crippen LogP) is 0.884. The summed E-state index contributed by atoms with van der Waals surface area (Å²) >= 11 is 0. The largest absolute Gasteiger partial charge is 0.312 e. The van der Waals surface area contributed by atoms with Crippen LogP contribution < -0.4 is 5.32 Å². The Morgan fingerprint density at radius 1 is 1.28 bits per heavy atom. The fourth-order valence-electron chi connectivity index (χ4n) is 2.70. The summed E-state index contributed by atoms with van der Waals surface area (Å²) in [5.41, 5.74) is 0. The van der Waals surface area contributed by atoms with Crippen molar-refractivity contribution in [2.45, 2.75) is 45.2 Å². The number of rotatable bonds is 7. The summed E-state index contributed by atoms with van der Waals surface area (Å²) < 4.78 is 22.7. The maximum absolute atomic E-state index is 11.4. The summed E-state index contributed by atoms with van der Waals surface area (Å²) in [4.78, 5) is 2.56. The van der Waals surface area contributed by atoms with Crippen molar-refractivity contribution < 1.29 is 8.42 Å². The molecule has 1 unspecified atom stereocenters. The van der Waals surface area contributed by atoms with E-state index in [2.05, 4.69) is 24.1 Å². The third-order valence-electron chi connectivity index (χ3n) is 3.73. The molecule has 1 saturated carbocycles. The van der Waals surface area contributed by atoms with E-state index in [1.54, 1.807) is 0 Å². The van der Waals surface area contributed by atoms with Gasteiger partial charge in [0.25, 0.3) is 0 Å². The third-order valence-corrected chi connectivity index (χ3v) is 5.50. The highest BCUT2D eigenvalue weighted by Gasteiger charge is 2.30. The van der Waals surface area contributed by atoms with E-state index in [9.17, 15) is 8.42 Å². The van der Waals surface area contributed by atoms with Crippen molar-refractivity contribution in [3.63, 3.8) is 0 Å². The molecule has 0 aromatic rings. The molecule has 1 saturated heterocycles. The monoisotopic (exact) mass is 274 g/mol. The van der Waals surface area contributed by atoms with Crippen molar-refractivity contribution in [3.05, 3.63) is 0 Å². The van der Waals surface area contributed by atoms with Gasteiger partial charge in [-0.2, -0.15) is 0 Å². The van der Waals surface area contributed by atoms with Crippen molar-refractivity contribution >= 4 is 9.84 Å². The number of hydrogen-bond donors (Lipinski definition) is 1. The molecular weight excluding hydrogens is 248 g/mol. The van der Waals surface area contributed by atoms with E-state index < -0.39 is 9.84 Å². The Kier molecular flexibility index (Phi) is 4.67. The van der Waals surface area contributed by atoms with E-state index >= 15 is 0 Å². The zero-order chi connectivity index (χ0) is 13.2. The fraction of sp³-hybridized carbons (Fsp3) is 1.00. The van der Waals surface area contributed by atoms with Gasteiger partial charge in [-0.15, -0.1) is 0 Å². The molecule has 2 fully saturated rings. The fourth-order valence-corrected chi connectivity index (χ4v) is 4.41. The van der Waals surface area contributed by atoms with Crippen LogP contribution in [0.25, 0.3) is 0 Å². The second kappa shape index (κ2) is 5.88. The van der Waals surface area contributed by atoms with Crippen LogP contribution in [-0.2, 0) is 9.84 Å². The van der Waals surface area contributed by atoms with Crippen LogP contribution in [0.1, 0.15) is 33.1 Å². The van der Waals surface area contributed by atoms with Crippen molar-refractivity contribution in [2.24, 2.45) is 5.92 Å². The van der Waals surface area contributed by atoms with Gasteiger partial charge in [0.05, 0.1) is 11.5 Å². The zero-order valence-electron chi connectivity index (χ0n) is 11.6. The molecule has 2 aliphatic rings. The number of sulfone groups is 1. The Morgan fingerprint density at radius 2 is 2.00 bits per heavy atom. The molecule has 0 amide bonds. The Hall–Kier alpha value is -0.130. The molecular formula is C13H26N2O2S. The summed E-state index contributed by atoms with van der Waals surface area (Å²) in [5, 5.41) is 3.40. The number of nitrogens with zero attached hydrogens (tertiary/aromatic N) is 1. The first-order valence-electron chi connectivity index (χ1n) is 7.14. The van der Waals surface area contributed by atoms with Crippen LogP contribution in [0.5, 0.6) is 0 Å². The minimum absolute atomic E-state index is 0.190. The second-order valence-electron chi connectivity index (χ2n) is 6.17. The first-order chi connectivity index (χ1) is 8.46. The van der Waals surface area contributed by atoms with Crippen LogP contribution in [0.2, 0.25) is 0 Å². The lowest BCUT2D eigenvalue weighted by atomic mass is 10.2. The van der Waals surface area contributed by atoms with Gasteiger partial charge in [0, 0.05) is 31.7 Å².